The Kier molecular flexibility index (Phi) is 3.85. The zero-order chi connectivity index (χ0) is 14.2. The Morgan fingerprint density at radius 3 is 2.37 bits per heavy atom. The number of rotatable bonds is 4. The number of hydrogen-bond acceptors (Lipinski definition) is 3. The van der Waals surface area contributed by atoms with Crippen LogP contribution in [-0.4, -0.2) is 36.2 Å². The van der Waals surface area contributed by atoms with Crippen LogP contribution < -0.4 is 5.32 Å². The molecule has 2 saturated carbocycles. The number of ether oxygens (including phenoxy) is 1. The zero-order valence-electron chi connectivity index (χ0n) is 11.8. The van der Waals surface area contributed by atoms with Crippen molar-refractivity contribution >= 4 is 11.9 Å². The van der Waals surface area contributed by atoms with E-state index in [4.69, 9.17) is 9.84 Å². The van der Waals surface area contributed by atoms with Gasteiger partial charge in [-0.15, -0.1) is 0 Å². The molecule has 0 aromatic heterocycles. The van der Waals surface area contributed by atoms with E-state index in [-0.39, 0.29) is 18.1 Å². The number of amides is 1. The first-order chi connectivity index (χ1) is 8.89. The fourth-order valence-electron chi connectivity index (χ4n) is 3.40. The van der Waals surface area contributed by atoms with Crippen molar-refractivity contribution in [1.29, 1.82) is 0 Å². The molecule has 0 saturated heterocycles. The zero-order valence-corrected chi connectivity index (χ0v) is 11.8. The third kappa shape index (κ3) is 2.61. The summed E-state index contributed by atoms with van der Waals surface area (Å²) in [6.45, 7) is 3.68. The summed E-state index contributed by atoms with van der Waals surface area (Å²) in [7, 11) is 1.66. The number of aliphatic carboxylic acids is 1. The highest BCUT2D eigenvalue weighted by Gasteiger charge is 2.66. The van der Waals surface area contributed by atoms with Crippen molar-refractivity contribution in [2.24, 2.45) is 17.3 Å². The Morgan fingerprint density at radius 1 is 1.21 bits per heavy atom. The van der Waals surface area contributed by atoms with Gasteiger partial charge in [-0.1, -0.05) is 26.7 Å². The van der Waals surface area contributed by atoms with E-state index >= 15 is 0 Å². The Morgan fingerprint density at radius 2 is 1.84 bits per heavy atom. The molecular weight excluding hydrogens is 246 g/mol. The van der Waals surface area contributed by atoms with Crippen molar-refractivity contribution in [3.05, 3.63) is 0 Å². The maximum absolute atomic E-state index is 12.2. The number of nitrogens with one attached hydrogen (secondary N) is 1. The van der Waals surface area contributed by atoms with E-state index in [2.05, 4.69) is 5.32 Å². The molecule has 2 aliphatic carbocycles. The largest absolute Gasteiger partial charge is 0.481 e. The van der Waals surface area contributed by atoms with Crippen molar-refractivity contribution in [2.75, 3.05) is 7.11 Å². The summed E-state index contributed by atoms with van der Waals surface area (Å²) in [5.74, 6) is -1.98. The molecule has 4 atom stereocenters. The van der Waals surface area contributed by atoms with Crippen molar-refractivity contribution in [1.82, 2.24) is 5.32 Å². The lowest BCUT2D eigenvalue weighted by Gasteiger charge is -2.31. The predicted molar refractivity (Wildman–Crippen MR) is 69.6 cm³/mol. The SMILES string of the molecule is CO[C@H]1CCCC[C@@H]1NC(=O)[C@@H]1[C@H](C(=O)O)C1(C)C. The van der Waals surface area contributed by atoms with Crippen LogP contribution >= 0.6 is 0 Å². The molecule has 0 bridgehead atoms. The Bertz CT molecular complexity index is 380. The molecule has 2 fully saturated rings. The standard InChI is InChI=1S/C14H23NO4/c1-14(2)10(11(14)13(17)18)12(16)15-8-6-4-5-7-9(8)19-3/h8-11H,4-7H2,1-3H3,(H,15,16)(H,17,18)/t8-,9-,10-,11+/m0/s1. The molecule has 1 amide bonds. The highest BCUT2D eigenvalue weighted by molar-refractivity contribution is 5.91. The number of methoxy groups -OCH3 is 1. The Hall–Kier alpha value is -1.10. The molecule has 0 spiro atoms. The summed E-state index contributed by atoms with van der Waals surface area (Å²) >= 11 is 0. The fourth-order valence-corrected chi connectivity index (χ4v) is 3.40. The van der Waals surface area contributed by atoms with Crippen LogP contribution in [0, 0.1) is 17.3 Å². The molecule has 0 unspecified atom stereocenters. The highest BCUT2D eigenvalue weighted by Crippen LogP contribution is 2.58. The van der Waals surface area contributed by atoms with Crippen molar-refractivity contribution < 1.29 is 19.4 Å². The van der Waals surface area contributed by atoms with Crippen molar-refractivity contribution in [2.45, 2.75) is 51.7 Å². The molecule has 108 valence electrons. The van der Waals surface area contributed by atoms with Crippen LogP contribution in [0.25, 0.3) is 0 Å². The topological polar surface area (TPSA) is 75.6 Å². The summed E-state index contributed by atoms with van der Waals surface area (Å²) in [5, 5.41) is 12.1. The second-order valence-electron chi connectivity index (χ2n) is 6.29. The fraction of sp³-hybridized carbons (Fsp3) is 0.857. The van der Waals surface area contributed by atoms with Gasteiger partial charge in [0.1, 0.15) is 0 Å². The maximum Gasteiger partial charge on any atom is 0.307 e. The van der Waals surface area contributed by atoms with Gasteiger partial charge < -0.3 is 15.2 Å². The first-order valence-corrected chi connectivity index (χ1v) is 6.95. The van der Waals surface area contributed by atoms with E-state index < -0.39 is 23.2 Å². The van der Waals surface area contributed by atoms with Crippen LogP contribution in [0.3, 0.4) is 0 Å². The predicted octanol–water partition coefficient (Wildman–Crippen LogP) is 1.42. The normalized spacial score (nSPS) is 36.6. The molecule has 2 N–H and O–H groups in total. The summed E-state index contributed by atoms with van der Waals surface area (Å²) in [5.41, 5.74) is -0.437. The third-order valence-corrected chi connectivity index (χ3v) is 4.71. The van der Waals surface area contributed by atoms with Gasteiger partial charge in [-0.2, -0.15) is 0 Å². The lowest BCUT2D eigenvalue weighted by Crippen LogP contribution is -2.47. The minimum absolute atomic E-state index is 0.0251. The molecule has 0 aromatic carbocycles. The number of carbonyl (C=O) groups is 2. The summed E-state index contributed by atoms with van der Waals surface area (Å²) in [6, 6.07) is 0.0251. The van der Waals surface area contributed by atoms with E-state index in [9.17, 15) is 9.59 Å². The van der Waals surface area contributed by atoms with Gasteiger partial charge in [0.2, 0.25) is 5.91 Å². The second-order valence-corrected chi connectivity index (χ2v) is 6.29. The number of carboxylic acid groups (broad SMARTS) is 1. The molecule has 0 heterocycles. The molecule has 5 heteroatoms. The highest BCUT2D eigenvalue weighted by atomic mass is 16.5. The molecule has 5 nitrogen and oxygen atoms in total. The van der Waals surface area contributed by atoms with Gasteiger partial charge in [-0.05, 0) is 18.3 Å². The average molecular weight is 269 g/mol. The maximum atomic E-state index is 12.2. The Balaban J connectivity index is 1.96. The quantitative estimate of drug-likeness (QED) is 0.809. The lowest BCUT2D eigenvalue weighted by atomic mass is 9.92. The van der Waals surface area contributed by atoms with E-state index in [1.807, 2.05) is 13.8 Å². The number of hydrogen-bond donors (Lipinski definition) is 2. The second kappa shape index (κ2) is 5.12. The van der Waals surface area contributed by atoms with E-state index in [0.717, 1.165) is 25.7 Å². The van der Waals surface area contributed by atoms with Crippen LogP contribution in [0.2, 0.25) is 0 Å². The molecule has 0 aromatic rings. The summed E-state index contributed by atoms with van der Waals surface area (Å²) in [4.78, 5) is 23.3. The van der Waals surface area contributed by atoms with Crippen molar-refractivity contribution in [3.63, 3.8) is 0 Å². The molecule has 0 aliphatic heterocycles. The molecule has 0 radical (unpaired) electrons. The van der Waals surface area contributed by atoms with E-state index in [1.165, 1.54) is 0 Å². The Labute approximate surface area is 113 Å². The number of carbonyl (C=O) groups excluding carboxylic acids is 1. The van der Waals surface area contributed by atoms with E-state index in [0.29, 0.717) is 0 Å². The summed E-state index contributed by atoms with van der Waals surface area (Å²) < 4.78 is 5.40. The first kappa shape index (κ1) is 14.3. The molecule has 2 aliphatic rings. The van der Waals surface area contributed by atoms with Gasteiger partial charge >= 0.3 is 5.97 Å². The minimum Gasteiger partial charge on any atom is -0.481 e. The van der Waals surface area contributed by atoms with Gasteiger partial charge in [0.05, 0.1) is 24.0 Å². The van der Waals surface area contributed by atoms with Gasteiger partial charge in [-0.3, -0.25) is 9.59 Å². The monoisotopic (exact) mass is 269 g/mol. The molecular formula is C14H23NO4. The van der Waals surface area contributed by atoms with Crippen molar-refractivity contribution in [3.8, 4) is 0 Å². The third-order valence-electron chi connectivity index (χ3n) is 4.71. The van der Waals surface area contributed by atoms with Gasteiger partial charge in [0.15, 0.2) is 0 Å². The lowest BCUT2D eigenvalue weighted by molar-refractivity contribution is -0.140. The van der Waals surface area contributed by atoms with Crippen LogP contribution in [-0.2, 0) is 14.3 Å². The van der Waals surface area contributed by atoms with Gasteiger partial charge in [0, 0.05) is 7.11 Å². The molecule has 2 rings (SSSR count). The molecule has 19 heavy (non-hydrogen) atoms. The number of carboxylic acids is 1. The van der Waals surface area contributed by atoms with Crippen LogP contribution in [0.15, 0.2) is 0 Å². The van der Waals surface area contributed by atoms with E-state index in [1.54, 1.807) is 7.11 Å². The van der Waals surface area contributed by atoms with Crippen LogP contribution in [0.5, 0.6) is 0 Å². The minimum atomic E-state index is -0.878. The van der Waals surface area contributed by atoms with Gasteiger partial charge in [0.25, 0.3) is 0 Å². The first-order valence-electron chi connectivity index (χ1n) is 6.95. The van der Waals surface area contributed by atoms with Crippen LogP contribution in [0.1, 0.15) is 39.5 Å². The van der Waals surface area contributed by atoms with Gasteiger partial charge in [-0.25, -0.2) is 0 Å². The summed E-state index contributed by atoms with van der Waals surface area (Å²) in [6.07, 6.45) is 4.13. The smallest absolute Gasteiger partial charge is 0.307 e. The van der Waals surface area contributed by atoms with Crippen LogP contribution in [0.4, 0.5) is 0 Å². The average Bonchev–Trinajstić information content (AvgIpc) is 2.93.